The number of aryl methyl sites for hydroxylation is 1. The summed E-state index contributed by atoms with van der Waals surface area (Å²) in [5, 5.41) is 27.7. The average molecular weight is 306 g/mol. The highest BCUT2D eigenvalue weighted by Gasteiger charge is 2.11. The monoisotopic (exact) mass is 306 g/mol. The Kier molecular flexibility index (Phi) is 5.80. The molecule has 0 heterocycles. The molecule has 118 valence electrons. The van der Waals surface area contributed by atoms with E-state index in [-0.39, 0.29) is 5.75 Å². The largest absolute Gasteiger partial charge is 0.507 e. The highest BCUT2D eigenvalue weighted by atomic mass is 16.4. The van der Waals surface area contributed by atoms with Gasteiger partial charge in [0.1, 0.15) is 17.8 Å². The average Bonchev–Trinajstić information content (AvgIpc) is 2.45. The Labute approximate surface area is 127 Å². The van der Waals surface area contributed by atoms with E-state index >= 15 is 0 Å². The van der Waals surface area contributed by atoms with Crippen LogP contribution in [-0.4, -0.2) is 51.8 Å². The summed E-state index contributed by atoms with van der Waals surface area (Å²) >= 11 is 0. The van der Waals surface area contributed by atoms with Gasteiger partial charge >= 0.3 is 11.9 Å². The molecule has 7 nitrogen and oxygen atoms in total. The Bertz CT molecular complexity index is 586. The van der Waals surface area contributed by atoms with Crippen LogP contribution in [0.1, 0.15) is 30.5 Å². The molecule has 0 unspecified atom stereocenters. The number of aliphatic imine (C=N–C) groups is 2. The van der Waals surface area contributed by atoms with Gasteiger partial charge in [0, 0.05) is 23.6 Å². The van der Waals surface area contributed by atoms with Gasteiger partial charge in [0.15, 0.2) is 0 Å². The van der Waals surface area contributed by atoms with E-state index < -0.39 is 24.0 Å². The number of carbonyl (C=O) groups is 2. The molecule has 0 amide bonds. The maximum Gasteiger partial charge on any atom is 0.328 e. The Morgan fingerprint density at radius 2 is 1.36 bits per heavy atom. The van der Waals surface area contributed by atoms with Gasteiger partial charge in [-0.15, -0.1) is 0 Å². The first-order valence-corrected chi connectivity index (χ1v) is 6.58. The minimum absolute atomic E-state index is 0.131. The number of phenols is 1. The summed E-state index contributed by atoms with van der Waals surface area (Å²) < 4.78 is 0. The topological polar surface area (TPSA) is 120 Å². The smallest absolute Gasteiger partial charge is 0.328 e. The molecule has 0 aliphatic heterocycles. The summed E-state index contributed by atoms with van der Waals surface area (Å²) in [5.41, 5.74) is 1.49. The summed E-state index contributed by atoms with van der Waals surface area (Å²) in [7, 11) is 0. The number of hydrogen-bond donors (Lipinski definition) is 3. The molecule has 3 N–H and O–H groups in total. The van der Waals surface area contributed by atoms with Crippen LogP contribution in [0.2, 0.25) is 0 Å². The van der Waals surface area contributed by atoms with Crippen LogP contribution >= 0.6 is 0 Å². The van der Waals surface area contributed by atoms with Crippen LogP contribution in [0.5, 0.6) is 5.75 Å². The predicted octanol–water partition coefficient (Wildman–Crippen LogP) is 1.48. The van der Waals surface area contributed by atoms with Crippen molar-refractivity contribution in [2.24, 2.45) is 9.98 Å². The normalized spacial score (nSPS) is 14.3. The molecular weight excluding hydrogens is 288 g/mol. The lowest BCUT2D eigenvalue weighted by Crippen LogP contribution is -2.13. The molecule has 0 bridgehead atoms. The van der Waals surface area contributed by atoms with E-state index in [2.05, 4.69) is 9.98 Å². The summed E-state index contributed by atoms with van der Waals surface area (Å²) in [6.07, 6.45) is 2.55. The number of aliphatic carboxylic acids is 2. The van der Waals surface area contributed by atoms with Crippen molar-refractivity contribution < 1.29 is 24.9 Å². The maximum atomic E-state index is 10.7. The van der Waals surface area contributed by atoms with Crippen molar-refractivity contribution in [2.75, 3.05) is 0 Å². The molecule has 2 atom stereocenters. The molecule has 0 fully saturated rings. The van der Waals surface area contributed by atoms with E-state index in [0.717, 1.165) is 5.56 Å². The zero-order chi connectivity index (χ0) is 16.9. The Morgan fingerprint density at radius 3 is 1.68 bits per heavy atom. The van der Waals surface area contributed by atoms with Gasteiger partial charge in [-0.2, -0.15) is 0 Å². The highest BCUT2D eigenvalue weighted by Crippen LogP contribution is 2.22. The summed E-state index contributed by atoms with van der Waals surface area (Å²) in [6, 6.07) is 1.43. The molecule has 0 saturated heterocycles. The van der Waals surface area contributed by atoms with Gasteiger partial charge in [-0.25, -0.2) is 9.59 Å². The van der Waals surface area contributed by atoms with Crippen molar-refractivity contribution in [3.8, 4) is 5.75 Å². The van der Waals surface area contributed by atoms with E-state index in [9.17, 15) is 14.7 Å². The van der Waals surface area contributed by atoms with Gasteiger partial charge in [-0.05, 0) is 38.5 Å². The zero-order valence-electron chi connectivity index (χ0n) is 12.5. The minimum Gasteiger partial charge on any atom is -0.507 e. The summed E-state index contributed by atoms with van der Waals surface area (Å²) in [6.45, 7) is 4.63. The van der Waals surface area contributed by atoms with Crippen molar-refractivity contribution in [3.63, 3.8) is 0 Å². The minimum atomic E-state index is -1.07. The third kappa shape index (κ3) is 4.69. The number of aromatic hydroxyl groups is 1. The van der Waals surface area contributed by atoms with Gasteiger partial charge in [-0.1, -0.05) is 0 Å². The van der Waals surface area contributed by atoms with Crippen molar-refractivity contribution in [3.05, 3.63) is 28.8 Å². The molecule has 0 aliphatic carbocycles. The second-order valence-electron chi connectivity index (χ2n) is 4.88. The van der Waals surface area contributed by atoms with Crippen LogP contribution in [0.3, 0.4) is 0 Å². The van der Waals surface area contributed by atoms with Crippen molar-refractivity contribution in [1.29, 1.82) is 0 Å². The summed E-state index contributed by atoms with van der Waals surface area (Å²) in [5.74, 6) is -2.27. The van der Waals surface area contributed by atoms with Gasteiger partial charge in [0.2, 0.25) is 0 Å². The van der Waals surface area contributed by atoms with Crippen LogP contribution in [0, 0.1) is 6.92 Å². The number of carboxylic acid groups (broad SMARTS) is 2. The lowest BCUT2D eigenvalue weighted by molar-refractivity contribution is -0.138. The number of carboxylic acids is 2. The van der Waals surface area contributed by atoms with Crippen molar-refractivity contribution in [2.45, 2.75) is 32.9 Å². The molecule has 1 aromatic rings. The lowest BCUT2D eigenvalue weighted by Gasteiger charge is -2.07. The van der Waals surface area contributed by atoms with E-state index in [1.807, 2.05) is 0 Å². The van der Waals surface area contributed by atoms with Crippen molar-refractivity contribution >= 4 is 24.4 Å². The molecule has 22 heavy (non-hydrogen) atoms. The first-order valence-electron chi connectivity index (χ1n) is 6.58. The van der Waals surface area contributed by atoms with Crippen LogP contribution in [-0.2, 0) is 9.59 Å². The maximum absolute atomic E-state index is 10.7. The second-order valence-corrected chi connectivity index (χ2v) is 4.88. The van der Waals surface area contributed by atoms with E-state index in [1.165, 1.54) is 26.3 Å². The fourth-order valence-electron chi connectivity index (χ4n) is 1.54. The summed E-state index contributed by atoms with van der Waals surface area (Å²) in [4.78, 5) is 29.1. The molecule has 7 heteroatoms. The van der Waals surface area contributed by atoms with Gasteiger partial charge in [0.05, 0.1) is 0 Å². The van der Waals surface area contributed by atoms with Crippen LogP contribution in [0.4, 0.5) is 0 Å². The Balaban J connectivity index is 3.12. The highest BCUT2D eigenvalue weighted by molar-refractivity contribution is 5.93. The molecule has 0 radical (unpaired) electrons. The van der Waals surface area contributed by atoms with Gasteiger partial charge in [-0.3, -0.25) is 9.98 Å². The molecule has 0 aliphatic rings. The molecule has 0 saturated carbocycles. The van der Waals surface area contributed by atoms with Gasteiger partial charge in [0.25, 0.3) is 0 Å². The third-order valence-electron chi connectivity index (χ3n) is 2.90. The fraction of sp³-hybridized carbons (Fsp3) is 0.333. The molecule has 1 rings (SSSR count). The molecule has 0 spiro atoms. The number of nitrogens with zero attached hydrogens (tertiary/aromatic N) is 2. The molecule has 0 aromatic heterocycles. The van der Waals surface area contributed by atoms with E-state index in [1.54, 1.807) is 19.1 Å². The van der Waals surface area contributed by atoms with E-state index in [4.69, 9.17) is 10.2 Å². The Morgan fingerprint density at radius 1 is 1.00 bits per heavy atom. The second kappa shape index (κ2) is 7.35. The van der Waals surface area contributed by atoms with E-state index in [0.29, 0.717) is 11.1 Å². The van der Waals surface area contributed by atoms with Crippen molar-refractivity contribution in [1.82, 2.24) is 0 Å². The van der Waals surface area contributed by atoms with Crippen LogP contribution in [0.25, 0.3) is 0 Å². The molecular formula is C15H18N2O5. The quantitative estimate of drug-likeness (QED) is 0.688. The lowest BCUT2D eigenvalue weighted by atomic mass is 10.1. The number of rotatable bonds is 6. The van der Waals surface area contributed by atoms with Crippen LogP contribution in [0.15, 0.2) is 22.1 Å². The predicted molar refractivity (Wildman–Crippen MR) is 82.2 cm³/mol. The zero-order valence-corrected chi connectivity index (χ0v) is 12.5. The number of hydrogen-bond acceptors (Lipinski definition) is 5. The Hall–Kier alpha value is -2.70. The molecule has 1 aromatic carbocycles. The fourth-order valence-corrected chi connectivity index (χ4v) is 1.54. The SMILES string of the molecule is Cc1cc(C=N[C@@H](C)C(=O)O)c(O)c(C=N[C@@H](C)C(=O)O)c1. The standard InChI is InChI=1S/C15H18N2O5/c1-8-4-11(6-16-9(2)14(19)20)13(18)12(5-8)7-17-10(3)15(21)22/h4-7,9-10,18H,1-3H3,(H,19,20)(H,21,22)/t9-,10-/m0/s1. The van der Waals surface area contributed by atoms with Gasteiger partial charge < -0.3 is 15.3 Å². The first kappa shape index (κ1) is 17.4. The third-order valence-corrected chi connectivity index (χ3v) is 2.90. The number of phenolic OH excluding ortho intramolecular Hbond substituents is 1. The van der Waals surface area contributed by atoms with Crippen LogP contribution < -0.4 is 0 Å². The number of benzene rings is 1. The first-order chi connectivity index (χ1) is 10.2.